The fourth-order valence-electron chi connectivity index (χ4n) is 3.68. The van der Waals surface area contributed by atoms with Crippen molar-refractivity contribution in [3.05, 3.63) is 59.0 Å². The summed E-state index contributed by atoms with van der Waals surface area (Å²) in [6.45, 7) is 4.27. The summed E-state index contributed by atoms with van der Waals surface area (Å²) in [6, 6.07) is 7.80. The second-order valence-electron chi connectivity index (χ2n) is 6.37. The highest BCUT2D eigenvalue weighted by Gasteiger charge is 2.30. The first-order valence-corrected chi connectivity index (χ1v) is 8.69. The fourth-order valence-corrected chi connectivity index (χ4v) is 3.97. The van der Waals surface area contributed by atoms with Gasteiger partial charge in [0.1, 0.15) is 17.9 Å². The Kier molecular flexibility index (Phi) is 3.30. The van der Waals surface area contributed by atoms with E-state index in [1.165, 1.54) is 0 Å². The van der Waals surface area contributed by atoms with Crippen LogP contribution in [0.15, 0.2) is 41.2 Å². The smallest absolute Gasteiger partial charge is 0.204 e. The lowest BCUT2D eigenvalue weighted by Gasteiger charge is -2.27. The molecule has 1 unspecified atom stereocenters. The summed E-state index contributed by atoms with van der Waals surface area (Å²) in [4.78, 5) is 8.74. The predicted molar refractivity (Wildman–Crippen MR) is 97.6 cm³/mol. The number of rotatable bonds is 2. The lowest BCUT2D eigenvalue weighted by molar-refractivity contribution is 0.260. The van der Waals surface area contributed by atoms with Crippen molar-refractivity contribution in [1.82, 2.24) is 19.7 Å². The third-order valence-electron chi connectivity index (χ3n) is 4.83. The average molecular weight is 367 g/mol. The predicted octanol–water partition coefficient (Wildman–Crippen LogP) is 4.34. The van der Waals surface area contributed by atoms with Crippen LogP contribution in [0.2, 0.25) is 5.28 Å². The first-order chi connectivity index (χ1) is 12.6. The van der Waals surface area contributed by atoms with Gasteiger partial charge in [-0.15, -0.1) is 0 Å². The van der Waals surface area contributed by atoms with Gasteiger partial charge >= 0.3 is 0 Å². The zero-order valence-electron chi connectivity index (χ0n) is 14.2. The highest BCUT2D eigenvalue weighted by Crippen LogP contribution is 2.45. The molecule has 7 heteroatoms. The topological polar surface area (TPSA) is 66.0 Å². The van der Waals surface area contributed by atoms with E-state index in [1.807, 2.05) is 48.9 Å². The third kappa shape index (κ3) is 2.08. The number of hydrogen-bond donors (Lipinski definition) is 0. The molecule has 0 saturated heterocycles. The lowest BCUT2D eigenvalue weighted by Crippen LogP contribution is -2.23. The Morgan fingerprint density at radius 1 is 1.23 bits per heavy atom. The van der Waals surface area contributed by atoms with Crippen LogP contribution in [0, 0.1) is 13.8 Å². The number of benzene rings is 1. The minimum Gasteiger partial charge on any atom is -0.488 e. The molecule has 1 aromatic carbocycles. The van der Waals surface area contributed by atoms with E-state index in [-0.39, 0.29) is 6.04 Å². The van der Waals surface area contributed by atoms with Crippen molar-refractivity contribution in [3.63, 3.8) is 0 Å². The summed E-state index contributed by atoms with van der Waals surface area (Å²) in [7, 11) is 0. The van der Waals surface area contributed by atoms with E-state index in [9.17, 15) is 0 Å². The van der Waals surface area contributed by atoms with Gasteiger partial charge in [-0.05, 0) is 49.2 Å². The van der Waals surface area contributed by atoms with Crippen molar-refractivity contribution in [2.45, 2.75) is 19.9 Å². The Bertz CT molecular complexity index is 1110. The van der Waals surface area contributed by atoms with Crippen molar-refractivity contribution in [2.24, 2.45) is 0 Å². The van der Waals surface area contributed by atoms with Gasteiger partial charge in [0.2, 0.25) is 5.28 Å². The Morgan fingerprint density at radius 3 is 2.85 bits per heavy atom. The number of ether oxygens (including phenoxy) is 1. The molecule has 1 aliphatic rings. The molecule has 4 aromatic rings. The molecule has 0 radical (unpaired) electrons. The van der Waals surface area contributed by atoms with E-state index in [2.05, 4.69) is 15.1 Å². The van der Waals surface area contributed by atoms with Crippen LogP contribution in [-0.2, 0) is 0 Å². The summed E-state index contributed by atoms with van der Waals surface area (Å²) >= 11 is 6.50. The van der Waals surface area contributed by atoms with Gasteiger partial charge in [0, 0.05) is 18.0 Å². The molecule has 0 spiro atoms. The molecule has 1 aliphatic heterocycles. The van der Waals surface area contributed by atoms with Gasteiger partial charge in [-0.1, -0.05) is 11.2 Å². The molecule has 26 heavy (non-hydrogen) atoms. The molecular weight excluding hydrogens is 352 g/mol. The maximum atomic E-state index is 6.50. The summed E-state index contributed by atoms with van der Waals surface area (Å²) in [5, 5.41) is 4.51. The molecule has 0 aliphatic carbocycles. The number of aryl methyl sites for hydroxylation is 2. The van der Waals surface area contributed by atoms with Crippen LogP contribution in [0.4, 0.5) is 0 Å². The monoisotopic (exact) mass is 366 g/mol. The highest BCUT2D eigenvalue weighted by molar-refractivity contribution is 6.29. The number of imidazole rings is 1. The third-order valence-corrected chi connectivity index (χ3v) is 5.10. The maximum Gasteiger partial charge on any atom is 0.204 e. The van der Waals surface area contributed by atoms with Crippen molar-refractivity contribution in [1.29, 1.82) is 0 Å². The number of halogens is 1. The summed E-state index contributed by atoms with van der Waals surface area (Å²) < 4.78 is 13.6. The summed E-state index contributed by atoms with van der Waals surface area (Å²) in [6.07, 6.45) is 3.58. The maximum absolute atomic E-state index is 6.50. The van der Waals surface area contributed by atoms with E-state index in [1.54, 1.807) is 6.20 Å². The van der Waals surface area contributed by atoms with Gasteiger partial charge in [-0.25, -0.2) is 4.98 Å². The lowest BCUT2D eigenvalue weighted by atomic mass is 10.0. The zero-order valence-corrected chi connectivity index (χ0v) is 15.0. The normalized spacial score (nSPS) is 16.0. The van der Waals surface area contributed by atoms with Gasteiger partial charge in [0.05, 0.1) is 22.8 Å². The SMILES string of the molecule is Cc1noc(C)c1-c1ccc2nc(Cl)n3c2c1OCC3c1cccnc1. The summed E-state index contributed by atoms with van der Waals surface area (Å²) in [5.74, 6) is 1.52. The second-order valence-corrected chi connectivity index (χ2v) is 6.71. The number of nitrogens with zero attached hydrogens (tertiary/aromatic N) is 4. The molecule has 0 amide bonds. The van der Waals surface area contributed by atoms with Crippen molar-refractivity contribution < 1.29 is 9.26 Å². The second kappa shape index (κ2) is 5.57. The average Bonchev–Trinajstić information content (AvgIpc) is 3.17. The Labute approximate surface area is 154 Å². The Hall–Kier alpha value is -2.86. The molecular formula is C19H15ClN4O2. The fraction of sp³-hybridized carbons (Fsp3) is 0.211. The standard InChI is InChI=1S/C19H15ClN4O2/c1-10-16(11(2)26-23-10)13-5-6-14-17-18(13)25-9-15(24(17)19(20)22-14)12-4-3-7-21-8-12/h3-8,15H,9H2,1-2H3. The van der Waals surface area contributed by atoms with Crippen LogP contribution in [0.5, 0.6) is 5.75 Å². The first kappa shape index (κ1) is 15.4. The largest absolute Gasteiger partial charge is 0.488 e. The van der Waals surface area contributed by atoms with E-state index in [0.29, 0.717) is 11.9 Å². The van der Waals surface area contributed by atoms with Crippen LogP contribution >= 0.6 is 11.6 Å². The number of aromatic nitrogens is 4. The summed E-state index contributed by atoms with van der Waals surface area (Å²) in [5.41, 5.74) is 5.43. The van der Waals surface area contributed by atoms with Crippen LogP contribution in [0.1, 0.15) is 23.1 Å². The quantitative estimate of drug-likeness (QED) is 0.528. The molecule has 4 heterocycles. The molecule has 0 bridgehead atoms. The van der Waals surface area contributed by atoms with E-state index < -0.39 is 0 Å². The molecule has 0 N–H and O–H groups in total. The van der Waals surface area contributed by atoms with Gasteiger partial charge in [-0.3, -0.25) is 4.98 Å². The van der Waals surface area contributed by atoms with E-state index >= 15 is 0 Å². The van der Waals surface area contributed by atoms with Gasteiger partial charge in [0.15, 0.2) is 5.75 Å². The molecule has 130 valence electrons. The Balaban J connectivity index is 1.79. The van der Waals surface area contributed by atoms with Crippen LogP contribution in [-0.4, -0.2) is 26.3 Å². The molecule has 1 atom stereocenters. The van der Waals surface area contributed by atoms with Crippen molar-refractivity contribution in [2.75, 3.05) is 6.61 Å². The number of pyridine rings is 1. The molecule has 0 fully saturated rings. The van der Waals surface area contributed by atoms with Crippen LogP contribution in [0.25, 0.3) is 22.2 Å². The zero-order chi connectivity index (χ0) is 17.8. The molecule has 3 aromatic heterocycles. The Morgan fingerprint density at radius 2 is 2.12 bits per heavy atom. The van der Waals surface area contributed by atoms with Crippen molar-refractivity contribution in [3.8, 4) is 16.9 Å². The molecule has 6 nitrogen and oxygen atoms in total. The van der Waals surface area contributed by atoms with Crippen LogP contribution in [0.3, 0.4) is 0 Å². The van der Waals surface area contributed by atoms with Crippen LogP contribution < -0.4 is 4.74 Å². The first-order valence-electron chi connectivity index (χ1n) is 8.31. The number of hydrogen-bond acceptors (Lipinski definition) is 5. The molecule has 5 rings (SSSR count). The van der Waals surface area contributed by atoms with Gasteiger partial charge in [0.25, 0.3) is 0 Å². The minimum absolute atomic E-state index is 0.0754. The van der Waals surface area contributed by atoms with Gasteiger partial charge < -0.3 is 13.8 Å². The van der Waals surface area contributed by atoms with Gasteiger partial charge in [-0.2, -0.15) is 0 Å². The van der Waals surface area contributed by atoms with E-state index in [4.69, 9.17) is 20.9 Å². The van der Waals surface area contributed by atoms with E-state index in [0.717, 1.165) is 44.9 Å². The highest BCUT2D eigenvalue weighted by atomic mass is 35.5. The molecule has 0 saturated carbocycles. The van der Waals surface area contributed by atoms with Crippen molar-refractivity contribution >= 4 is 22.6 Å². The minimum atomic E-state index is -0.0754.